The lowest BCUT2D eigenvalue weighted by Crippen LogP contribution is -2.32. The normalized spacial score (nSPS) is 23.1. The molecule has 0 saturated heterocycles. The van der Waals surface area contributed by atoms with Crippen molar-refractivity contribution < 1.29 is 4.79 Å². The molecule has 19 heavy (non-hydrogen) atoms. The molecule has 2 nitrogen and oxygen atoms in total. The van der Waals surface area contributed by atoms with E-state index in [4.69, 9.17) is 0 Å². The zero-order valence-corrected chi connectivity index (χ0v) is 14.0. The Morgan fingerprint density at radius 3 is 2.68 bits per heavy atom. The van der Waals surface area contributed by atoms with Gasteiger partial charge in [-0.2, -0.15) is 0 Å². The van der Waals surface area contributed by atoms with Crippen LogP contribution in [0.25, 0.3) is 0 Å². The molecule has 2 unspecified atom stereocenters. The number of carbonyl (C=O) groups is 1. The average molecular weight is 389 g/mol. The number of hydrogen-bond donors (Lipinski definition) is 1. The maximum atomic E-state index is 11.9. The van der Waals surface area contributed by atoms with Gasteiger partial charge < -0.3 is 5.32 Å². The quantitative estimate of drug-likeness (QED) is 0.774. The van der Waals surface area contributed by atoms with E-state index in [1.165, 1.54) is 25.7 Å². The monoisotopic (exact) mass is 387 g/mol. The number of alkyl halides is 1. The molecule has 4 heteroatoms. The summed E-state index contributed by atoms with van der Waals surface area (Å²) < 4.78 is 1.04. The minimum atomic E-state index is 0.124. The predicted molar refractivity (Wildman–Crippen MR) is 85.5 cm³/mol. The largest absolute Gasteiger partial charge is 0.356 e. The molecule has 1 N–H and O–H groups in total. The van der Waals surface area contributed by atoms with Crippen molar-refractivity contribution in [3.63, 3.8) is 0 Å². The molecule has 104 valence electrons. The van der Waals surface area contributed by atoms with E-state index in [-0.39, 0.29) is 5.91 Å². The van der Waals surface area contributed by atoms with Gasteiger partial charge in [0.25, 0.3) is 0 Å². The van der Waals surface area contributed by atoms with Gasteiger partial charge in [0.15, 0.2) is 0 Å². The van der Waals surface area contributed by atoms with Crippen LogP contribution in [0.15, 0.2) is 28.7 Å². The van der Waals surface area contributed by atoms with Crippen molar-refractivity contribution in [3.8, 4) is 0 Å². The van der Waals surface area contributed by atoms with E-state index in [1.807, 2.05) is 24.3 Å². The molecule has 0 aromatic heterocycles. The minimum absolute atomic E-state index is 0.124. The van der Waals surface area contributed by atoms with E-state index in [0.717, 1.165) is 16.6 Å². The van der Waals surface area contributed by atoms with Gasteiger partial charge in [-0.1, -0.05) is 50.4 Å². The van der Waals surface area contributed by atoms with E-state index >= 15 is 0 Å². The van der Waals surface area contributed by atoms with Gasteiger partial charge in [0.2, 0.25) is 5.91 Å². The SMILES string of the molecule is O=C(Cc1ccc(Br)cc1)NCC1CCCC(Br)C1. The Labute approximate surface area is 131 Å². The minimum Gasteiger partial charge on any atom is -0.356 e. The number of amides is 1. The summed E-state index contributed by atoms with van der Waals surface area (Å²) in [4.78, 5) is 12.5. The van der Waals surface area contributed by atoms with Crippen LogP contribution in [0.2, 0.25) is 0 Å². The van der Waals surface area contributed by atoms with E-state index in [9.17, 15) is 4.79 Å². The van der Waals surface area contributed by atoms with Crippen LogP contribution in [0, 0.1) is 5.92 Å². The van der Waals surface area contributed by atoms with Gasteiger partial charge in [-0.15, -0.1) is 0 Å². The lowest BCUT2D eigenvalue weighted by Gasteiger charge is -2.25. The van der Waals surface area contributed by atoms with Crippen LogP contribution >= 0.6 is 31.9 Å². The van der Waals surface area contributed by atoms with Crippen molar-refractivity contribution >= 4 is 37.8 Å². The fraction of sp³-hybridized carbons (Fsp3) is 0.533. The van der Waals surface area contributed by atoms with E-state index in [1.54, 1.807) is 0 Å². The van der Waals surface area contributed by atoms with E-state index < -0.39 is 0 Å². The first-order valence-corrected chi connectivity index (χ1v) is 8.49. The molecule has 1 aliphatic carbocycles. The Kier molecular flexibility index (Phi) is 5.89. The van der Waals surface area contributed by atoms with E-state index in [0.29, 0.717) is 17.2 Å². The molecular weight excluding hydrogens is 370 g/mol. The van der Waals surface area contributed by atoms with Crippen molar-refractivity contribution in [3.05, 3.63) is 34.3 Å². The van der Waals surface area contributed by atoms with Crippen LogP contribution < -0.4 is 5.32 Å². The second kappa shape index (κ2) is 7.44. The first-order valence-electron chi connectivity index (χ1n) is 6.78. The third-order valence-electron chi connectivity index (χ3n) is 3.58. The number of nitrogens with one attached hydrogen (secondary N) is 1. The molecule has 0 radical (unpaired) electrons. The Morgan fingerprint density at radius 1 is 1.26 bits per heavy atom. The molecule has 1 aliphatic rings. The Bertz CT molecular complexity index is 419. The molecule has 2 rings (SSSR count). The molecule has 0 spiro atoms. The second-order valence-corrected chi connectivity index (χ2v) is 7.45. The summed E-state index contributed by atoms with van der Waals surface area (Å²) in [5, 5.41) is 3.06. The summed E-state index contributed by atoms with van der Waals surface area (Å²) in [6, 6.07) is 7.91. The highest BCUT2D eigenvalue weighted by molar-refractivity contribution is 9.10. The van der Waals surface area contributed by atoms with Crippen LogP contribution in [0.5, 0.6) is 0 Å². The van der Waals surface area contributed by atoms with Crippen molar-refractivity contribution in [1.29, 1.82) is 0 Å². The first kappa shape index (κ1) is 15.0. The molecule has 0 aliphatic heterocycles. The predicted octanol–water partition coefficient (Wildman–Crippen LogP) is 4.06. The molecule has 2 atom stereocenters. The molecule has 1 saturated carbocycles. The van der Waals surface area contributed by atoms with Gasteiger partial charge in [0.05, 0.1) is 6.42 Å². The van der Waals surface area contributed by atoms with Crippen LogP contribution in [0.3, 0.4) is 0 Å². The molecule has 1 amide bonds. The van der Waals surface area contributed by atoms with Gasteiger partial charge in [-0.3, -0.25) is 4.79 Å². The third-order valence-corrected chi connectivity index (χ3v) is 4.94. The fourth-order valence-corrected chi connectivity index (χ4v) is 3.64. The fourth-order valence-electron chi connectivity index (χ4n) is 2.52. The Hall–Kier alpha value is -0.350. The zero-order valence-electron chi connectivity index (χ0n) is 10.9. The van der Waals surface area contributed by atoms with E-state index in [2.05, 4.69) is 37.2 Å². The van der Waals surface area contributed by atoms with Crippen molar-refractivity contribution in [2.75, 3.05) is 6.54 Å². The van der Waals surface area contributed by atoms with Gasteiger partial charge >= 0.3 is 0 Å². The highest BCUT2D eigenvalue weighted by Crippen LogP contribution is 2.28. The van der Waals surface area contributed by atoms with Crippen molar-refractivity contribution in [1.82, 2.24) is 5.32 Å². The van der Waals surface area contributed by atoms with Crippen LogP contribution in [0.4, 0.5) is 0 Å². The number of carbonyl (C=O) groups excluding carboxylic acids is 1. The molecule has 0 bridgehead atoms. The molecule has 1 fully saturated rings. The zero-order chi connectivity index (χ0) is 13.7. The number of hydrogen-bond acceptors (Lipinski definition) is 1. The lowest BCUT2D eigenvalue weighted by atomic mass is 9.89. The van der Waals surface area contributed by atoms with Gasteiger partial charge in [0, 0.05) is 15.8 Å². The number of halogens is 2. The van der Waals surface area contributed by atoms with Crippen LogP contribution in [0.1, 0.15) is 31.2 Å². The molecule has 1 aromatic carbocycles. The van der Waals surface area contributed by atoms with Crippen molar-refractivity contribution in [2.24, 2.45) is 5.92 Å². The van der Waals surface area contributed by atoms with Gasteiger partial charge in [-0.05, 0) is 42.9 Å². The van der Waals surface area contributed by atoms with Crippen LogP contribution in [-0.4, -0.2) is 17.3 Å². The lowest BCUT2D eigenvalue weighted by molar-refractivity contribution is -0.120. The standard InChI is InChI=1S/C15H19Br2NO/c16-13-6-4-11(5-7-13)9-15(19)18-10-12-2-1-3-14(17)8-12/h4-7,12,14H,1-3,8-10H2,(H,18,19). The molecular formula is C15H19Br2NO. The summed E-state index contributed by atoms with van der Waals surface area (Å²) in [6.07, 6.45) is 5.42. The summed E-state index contributed by atoms with van der Waals surface area (Å²) in [5.41, 5.74) is 1.06. The Balaban J connectivity index is 1.73. The maximum Gasteiger partial charge on any atom is 0.224 e. The number of benzene rings is 1. The first-order chi connectivity index (χ1) is 9.13. The summed E-state index contributed by atoms with van der Waals surface area (Å²) >= 11 is 7.07. The van der Waals surface area contributed by atoms with Crippen LogP contribution in [-0.2, 0) is 11.2 Å². The van der Waals surface area contributed by atoms with Crippen molar-refractivity contribution in [2.45, 2.75) is 36.9 Å². The number of rotatable bonds is 4. The second-order valence-electron chi connectivity index (χ2n) is 5.24. The highest BCUT2D eigenvalue weighted by Gasteiger charge is 2.20. The topological polar surface area (TPSA) is 29.1 Å². The third kappa shape index (κ3) is 5.27. The van der Waals surface area contributed by atoms with Gasteiger partial charge in [0.1, 0.15) is 0 Å². The highest BCUT2D eigenvalue weighted by atomic mass is 79.9. The summed E-state index contributed by atoms with van der Waals surface area (Å²) in [5.74, 6) is 0.756. The van der Waals surface area contributed by atoms with Gasteiger partial charge in [-0.25, -0.2) is 0 Å². The summed E-state index contributed by atoms with van der Waals surface area (Å²) in [7, 11) is 0. The smallest absolute Gasteiger partial charge is 0.224 e. The summed E-state index contributed by atoms with van der Waals surface area (Å²) in [6.45, 7) is 0.817. The molecule has 0 heterocycles. The Morgan fingerprint density at radius 2 is 2.00 bits per heavy atom. The maximum absolute atomic E-state index is 11.9. The molecule has 1 aromatic rings. The average Bonchev–Trinajstić information content (AvgIpc) is 2.39.